The fourth-order valence-electron chi connectivity index (χ4n) is 2.19. The Labute approximate surface area is 151 Å². The molecule has 5 nitrogen and oxygen atoms in total. The van der Waals surface area contributed by atoms with Gasteiger partial charge in [0, 0.05) is 39.5 Å². The van der Waals surface area contributed by atoms with Gasteiger partial charge in [-0.2, -0.15) is 0 Å². The van der Waals surface area contributed by atoms with Gasteiger partial charge in [-0.3, -0.25) is 0 Å². The topological polar surface area (TPSA) is 49.0 Å². The predicted octanol–water partition coefficient (Wildman–Crippen LogP) is 4.00. The molecule has 0 unspecified atom stereocenters. The molecule has 0 aromatic carbocycles. The normalized spacial score (nSPS) is 12.0. The van der Waals surface area contributed by atoms with E-state index in [2.05, 4.69) is 26.1 Å². The first-order valence-electron chi connectivity index (χ1n) is 9.86. The molecule has 24 heavy (non-hydrogen) atoms. The van der Waals surface area contributed by atoms with Crippen LogP contribution in [0.3, 0.4) is 0 Å². The molecule has 0 aliphatic rings. The summed E-state index contributed by atoms with van der Waals surface area (Å²) in [6.45, 7) is 11.4. The molecule has 0 saturated heterocycles. The van der Waals surface area contributed by atoms with Crippen LogP contribution in [-0.4, -0.2) is 55.4 Å². The van der Waals surface area contributed by atoms with E-state index in [-0.39, 0.29) is 0 Å². The van der Waals surface area contributed by atoms with Gasteiger partial charge in [0.25, 0.3) is 0 Å². The molecule has 0 atom stereocenters. The van der Waals surface area contributed by atoms with Gasteiger partial charge in [0.05, 0.1) is 6.61 Å². The molecule has 1 N–H and O–H groups in total. The van der Waals surface area contributed by atoms with Crippen LogP contribution in [-0.2, 0) is 18.0 Å². The molecule has 0 aromatic heterocycles. The van der Waals surface area contributed by atoms with Gasteiger partial charge in [0.1, 0.15) is 0 Å². The van der Waals surface area contributed by atoms with Gasteiger partial charge in [0.15, 0.2) is 0 Å². The summed E-state index contributed by atoms with van der Waals surface area (Å²) in [7, 11) is -0.820. The Bertz CT molecular complexity index is 231. The average molecular weight is 364 g/mol. The minimum Gasteiger partial charge on any atom is -0.383 e. The lowest BCUT2D eigenvalue weighted by molar-refractivity contribution is 0.0558. The van der Waals surface area contributed by atoms with Gasteiger partial charge in [-0.25, -0.2) is 0 Å². The third-order valence-corrected chi connectivity index (χ3v) is 6.68. The van der Waals surface area contributed by atoms with Crippen molar-refractivity contribution >= 4 is 8.80 Å². The standard InChI is InChI=1S/C18H41NO4Si/c1-5-8-14-21-24(22-15-9-6-2,23-16-10-7-3)18-11-12-19-13-17-20-4/h19H,5-18H2,1-4H3. The van der Waals surface area contributed by atoms with Gasteiger partial charge >= 0.3 is 8.80 Å². The molecule has 0 aliphatic heterocycles. The third kappa shape index (κ3) is 13.3. The SMILES string of the molecule is CCCCO[Si](CCCNCCOC)(OCCCC)OCCCC. The van der Waals surface area contributed by atoms with E-state index < -0.39 is 8.80 Å². The van der Waals surface area contributed by atoms with E-state index in [0.29, 0.717) is 0 Å². The number of ether oxygens (including phenoxy) is 1. The summed E-state index contributed by atoms with van der Waals surface area (Å²) in [5.41, 5.74) is 0. The predicted molar refractivity (Wildman–Crippen MR) is 103 cm³/mol. The summed E-state index contributed by atoms with van der Waals surface area (Å²) in [6, 6.07) is 0.893. The molecule has 0 aliphatic carbocycles. The van der Waals surface area contributed by atoms with Crippen LogP contribution in [0, 0.1) is 0 Å². The fraction of sp³-hybridized carbons (Fsp3) is 1.00. The van der Waals surface area contributed by atoms with Crippen LogP contribution >= 0.6 is 0 Å². The first-order valence-corrected chi connectivity index (χ1v) is 11.8. The van der Waals surface area contributed by atoms with Crippen molar-refractivity contribution in [2.24, 2.45) is 0 Å². The summed E-state index contributed by atoms with van der Waals surface area (Å²) in [4.78, 5) is 0. The molecule has 0 rings (SSSR count). The van der Waals surface area contributed by atoms with Crippen LogP contribution in [0.5, 0.6) is 0 Å². The molecular formula is C18H41NO4Si. The van der Waals surface area contributed by atoms with Crippen molar-refractivity contribution in [3.8, 4) is 0 Å². The second kappa shape index (κ2) is 17.8. The first kappa shape index (κ1) is 24.0. The van der Waals surface area contributed by atoms with Crippen LogP contribution in [0.4, 0.5) is 0 Å². The summed E-state index contributed by atoms with van der Waals surface area (Å²) in [6.07, 6.45) is 7.60. The van der Waals surface area contributed by atoms with Gasteiger partial charge in [0.2, 0.25) is 0 Å². The summed E-state index contributed by atoms with van der Waals surface area (Å²) in [5.74, 6) is 0. The Kier molecular flexibility index (Phi) is 17.8. The molecule has 0 bridgehead atoms. The lowest BCUT2D eigenvalue weighted by Crippen LogP contribution is -2.47. The first-order chi connectivity index (χ1) is 11.7. The zero-order valence-corrected chi connectivity index (χ0v) is 17.5. The van der Waals surface area contributed by atoms with Crippen molar-refractivity contribution < 1.29 is 18.0 Å². The smallest absolute Gasteiger partial charge is 0.383 e. The molecule has 0 radical (unpaired) electrons. The highest BCUT2D eigenvalue weighted by Crippen LogP contribution is 2.20. The summed E-state index contributed by atoms with van der Waals surface area (Å²) in [5, 5.41) is 3.39. The monoisotopic (exact) mass is 363 g/mol. The lowest BCUT2D eigenvalue weighted by atomic mass is 10.4. The number of methoxy groups -OCH3 is 1. The van der Waals surface area contributed by atoms with E-state index in [1.165, 1.54) is 0 Å². The number of hydrogen-bond donors (Lipinski definition) is 1. The van der Waals surface area contributed by atoms with Crippen molar-refractivity contribution in [1.82, 2.24) is 5.32 Å². The van der Waals surface area contributed by atoms with Crippen molar-refractivity contribution in [3.63, 3.8) is 0 Å². The highest BCUT2D eigenvalue weighted by Gasteiger charge is 2.40. The molecular weight excluding hydrogens is 322 g/mol. The third-order valence-electron chi connectivity index (χ3n) is 3.78. The average Bonchev–Trinajstić information content (AvgIpc) is 2.58. The van der Waals surface area contributed by atoms with Crippen LogP contribution < -0.4 is 5.32 Å². The van der Waals surface area contributed by atoms with Crippen LogP contribution in [0.25, 0.3) is 0 Å². The quantitative estimate of drug-likeness (QED) is 0.278. The Morgan fingerprint density at radius 3 is 1.58 bits per heavy atom. The van der Waals surface area contributed by atoms with E-state index in [1.54, 1.807) is 7.11 Å². The van der Waals surface area contributed by atoms with Gasteiger partial charge in [-0.1, -0.05) is 40.0 Å². The van der Waals surface area contributed by atoms with E-state index in [1.807, 2.05) is 0 Å². The summed E-state index contributed by atoms with van der Waals surface area (Å²) < 4.78 is 23.8. The van der Waals surface area contributed by atoms with Gasteiger partial charge in [-0.05, 0) is 32.2 Å². The molecule has 0 fully saturated rings. The number of unbranched alkanes of at least 4 members (excludes halogenated alkanes) is 3. The van der Waals surface area contributed by atoms with Gasteiger partial charge < -0.3 is 23.3 Å². The van der Waals surface area contributed by atoms with E-state index >= 15 is 0 Å². The highest BCUT2D eigenvalue weighted by atomic mass is 28.4. The highest BCUT2D eigenvalue weighted by molar-refractivity contribution is 6.60. The second-order valence-electron chi connectivity index (χ2n) is 6.14. The van der Waals surface area contributed by atoms with Crippen LogP contribution in [0.1, 0.15) is 65.7 Å². The minimum absolute atomic E-state index is 0.746. The Morgan fingerprint density at radius 1 is 0.667 bits per heavy atom. The molecule has 0 amide bonds. The number of hydrogen-bond acceptors (Lipinski definition) is 5. The Hall–Kier alpha value is 0.0169. The van der Waals surface area contributed by atoms with Crippen LogP contribution in [0.15, 0.2) is 0 Å². The zero-order valence-electron chi connectivity index (χ0n) is 16.5. The lowest BCUT2D eigenvalue weighted by Gasteiger charge is -2.30. The maximum absolute atomic E-state index is 6.23. The van der Waals surface area contributed by atoms with E-state index in [4.69, 9.17) is 18.0 Å². The molecule has 6 heteroatoms. The van der Waals surface area contributed by atoms with Crippen molar-refractivity contribution in [2.45, 2.75) is 71.8 Å². The molecule has 146 valence electrons. The minimum atomic E-state index is -2.55. The maximum atomic E-state index is 6.23. The summed E-state index contributed by atoms with van der Waals surface area (Å²) >= 11 is 0. The number of rotatable bonds is 19. The Morgan fingerprint density at radius 2 is 1.17 bits per heavy atom. The van der Waals surface area contributed by atoms with Gasteiger partial charge in [-0.15, -0.1) is 0 Å². The second-order valence-corrected chi connectivity index (χ2v) is 8.87. The largest absolute Gasteiger partial charge is 0.501 e. The van der Waals surface area contributed by atoms with Crippen molar-refractivity contribution in [2.75, 3.05) is 46.6 Å². The number of nitrogens with one attached hydrogen (secondary N) is 1. The Balaban J connectivity index is 4.48. The molecule has 0 saturated carbocycles. The van der Waals surface area contributed by atoms with E-state index in [0.717, 1.165) is 90.5 Å². The van der Waals surface area contributed by atoms with Crippen molar-refractivity contribution in [3.05, 3.63) is 0 Å². The fourth-order valence-corrected chi connectivity index (χ4v) is 4.85. The molecule has 0 heterocycles. The van der Waals surface area contributed by atoms with Crippen molar-refractivity contribution in [1.29, 1.82) is 0 Å². The van der Waals surface area contributed by atoms with E-state index in [9.17, 15) is 0 Å². The van der Waals surface area contributed by atoms with Crippen LogP contribution in [0.2, 0.25) is 6.04 Å². The molecule has 0 spiro atoms. The maximum Gasteiger partial charge on any atom is 0.501 e. The zero-order chi connectivity index (χ0) is 17.9. The molecule has 0 aromatic rings.